The van der Waals surface area contributed by atoms with E-state index in [1.54, 1.807) is 0 Å². The van der Waals surface area contributed by atoms with Crippen LogP contribution in [0.25, 0.3) is 0 Å². The number of amides is 2. The lowest BCUT2D eigenvalue weighted by Gasteiger charge is -2.27. The number of aliphatic hydroxyl groups is 1. The normalized spacial score (nSPS) is 22.3. The zero-order valence-electron chi connectivity index (χ0n) is 12.1. The number of carbonyl (C=O) groups is 1. The van der Waals surface area contributed by atoms with E-state index in [4.69, 9.17) is 5.11 Å². The highest BCUT2D eigenvalue weighted by atomic mass is 16.3. The molecule has 1 aromatic carbocycles. The van der Waals surface area contributed by atoms with Gasteiger partial charge < -0.3 is 15.7 Å². The first-order valence-electron chi connectivity index (χ1n) is 7.38. The van der Waals surface area contributed by atoms with E-state index >= 15 is 0 Å². The summed E-state index contributed by atoms with van der Waals surface area (Å²) >= 11 is 0. The molecule has 0 atom stereocenters. The van der Waals surface area contributed by atoms with Gasteiger partial charge in [-0.1, -0.05) is 29.8 Å². The van der Waals surface area contributed by atoms with Gasteiger partial charge in [0.15, 0.2) is 0 Å². The lowest BCUT2D eigenvalue weighted by atomic mass is 9.87. The zero-order chi connectivity index (χ0) is 14.4. The number of urea groups is 1. The Kier molecular flexibility index (Phi) is 5.41. The summed E-state index contributed by atoms with van der Waals surface area (Å²) in [5.74, 6) is 0.420. The van der Waals surface area contributed by atoms with Gasteiger partial charge in [-0.3, -0.25) is 0 Å². The quantitative estimate of drug-likeness (QED) is 0.790. The topological polar surface area (TPSA) is 61.4 Å². The molecule has 0 spiro atoms. The van der Waals surface area contributed by atoms with Gasteiger partial charge in [-0.05, 0) is 44.1 Å². The van der Waals surface area contributed by atoms with Crippen LogP contribution in [0.15, 0.2) is 24.3 Å². The first-order chi connectivity index (χ1) is 9.67. The van der Waals surface area contributed by atoms with E-state index in [0.717, 1.165) is 31.2 Å². The second kappa shape index (κ2) is 7.29. The molecule has 2 amide bonds. The molecule has 1 aromatic rings. The van der Waals surface area contributed by atoms with Gasteiger partial charge in [0, 0.05) is 19.2 Å². The number of benzene rings is 1. The lowest BCUT2D eigenvalue weighted by Crippen LogP contribution is -2.43. The summed E-state index contributed by atoms with van der Waals surface area (Å²) in [5.41, 5.74) is 2.33. The molecule has 20 heavy (non-hydrogen) atoms. The number of carbonyl (C=O) groups excluding carboxylic acids is 1. The molecular formula is C16H24N2O2. The first-order valence-corrected chi connectivity index (χ1v) is 7.38. The van der Waals surface area contributed by atoms with Gasteiger partial charge in [-0.25, -0.2) is 4.79 Å². The summed E-state index contributed by atoms with van der Waals surface area (Å²) in [6, 6.07) is 8.30. The van der Waals surface area contributed by atoms with Gasteiger partial charge in [-0.2, -0.15) is 0 Å². The zero-order valence-corrected chi connectivity index (χ0v) is 12.1. The summed E-state index contributed by atoms with van der Waals surface area (Å²) < 4.78 is 0. The van der Waals surface area contributed by atoms with E-state index in [1.165, 1.54) is 5.56 Å². The average molecular weight is 276 g/mol. The average Bonchev–Trinajstić information content (AvgIpc) is 2.47. The van der Waals surface area contributed by atoms with Crippen LogP contribution < -0.4 is 10.6 Å². The molecule has 1 aliphatic carbocycles. The first kappa shape index (κ1) is 14.9. The maximum Gasteiger partial charge on any atom is 0.315 e. The summed E-state index contributed by atoms with van der Waals surface area (Å²) in [7, 11) is 0. The van der Waals surface area contributed by atoms with Crippen molar-refractivity contribution in [2.45, 2.75) is 45.2 Å². The van der Waals surface area contributed by atoms with E-state index < -0.39 is 0 Å². The Balaban J connectivity index is 1.69. The van der Waals surface area contributed by atoms with Crippen LogP contribution in [0.3, 0.4) is 0 Å². The maximum absolute atomic E-state index is 11.8. The van der Waals surface area contributed by atoms with Crippen LogP contribution in [0.1, 0.15) is 36.8 Å². The van der Waals surface area contributed by atoms with E-state index in [0.29, 0.717) is 12.5 Å². The third-order valence-electron chi connectivity index (χ3n) is 4.01. The number of rotatable bonds is 4. The van der Waals surface area contributed by atoms with Crippen molar-refractivity contribution < 1.29 is 9.90 Å². The highest BCUT2D eigenvalue weighted by molar-refractivity contribution is 5.74. The minimum atomic E-state index is -0.0991. The minimum absolute atomic E-state index is 0.0991. The molecule has 3 N–H and O–H groups in total. The van der Waals surface area contributed by atoms with Crippen LogP contribution in [0.4, 0.5) is 4.79 Å². The van der Waals surface area contributed by atoms with E-state index in [1.807, 2.05) is 31.2 Å². The Morgan fingerprint density at radius 3 is 2.45 bits per heavy atom. The Bertz CT molecular complexity index is 423. The Labute approximate surface area is 120 Å². The molecule has 4 nitrogen and oxygen atoms in total. The Morgan fingerprint density at radius 2 is 1.85 bits per heavy atom. The van der Waals surface area contributed by atoms with Crippen LogP contribution in [-0.2, 0) is 6.54 Å². The number of hydrogen-bond acceptors (Lipinski definition) is 2. The fourth-order valence-electron chi connectivity index (χ4n) is 2.61. The summed E-state index contributed by atoms with van der Waals surface area (Å²) in [5, 5.41) is 15.0. The fraction of sp³-hybridized carbons (Fsp3) is 0.562. The van der Waals surface area contributed by atoms with Crippen LogP contribution in [0.2, 0.25) is 0 Å². The SMILES string of the molecule is Cc1ccc(CNC(=O)NC2CCC(CO)CC2)cc1. The lowest BCUT2D eigenvalue weighted by molar-refractivity contribution is 0.174. The maximum atomic E-state index is 11.8. The fourth-order valence-corrected chi connectivity index (χ4v) is 2.61. The predicted octanol–water partition coefficient (Wildman–Crippen LogP) is 2.35. The van der Waals surface area contributed by atoms with Crippen LogP contribution >= 0.6 is 0 Å². The number of nitrogens with one attached hydrogen (secondary N) is 2. The van der Waals surface area contributed by atoms with Crippen LogP contribution in [-0.4, -0.2) is 23.8 Å². The van der Waals surface area contributed by atoms with Crippen LogP contribution in [0.5, 0.6) is 0 Å². The van der Waals surface area contributed by atoms with Crippen molar-refractivity contribution in [3.63, 3.8) is 0 Å². The molecule has 2 rings (SSSR count). The minimum Gasteiger partial charge on any atom is -0.396 e. The largest absolute Gasteiger partial charge is 0.396 e. The smallest absolute Gasteiger partial charge is 0.315 e. The molecule has 0 radical (unpaired) electrons. The number of aliphatic hydroxyl groups excluding tert-OH is 1. The van der Waals surface area contributed by atoms with Gasteiger partial charge in [0.25, 0.3) is 0 Å². The van der Waals surface area contributed by atoms with Gasteiger partial charge in [0.1, 0.15) is 0 Å². The van der Waals surface area contributed by atoms with Crippen molar-refractivity contribution in [3.05, 3.63) is 35.4 Å². The van der Waals surface area contributed by atoms with Crippen molar-refractivity contribution in [2.24, 2.45) is 5.92 Å². The highest BCUT2D eigenvalue weighted by Gasteiger charge is 2.21. The van der Waals surface area contributed by atoms with Gasteiger partial charge in [-0.15, -0.1) is 0 Å². The molecule has 0 heterocycles. The molecule has 0 unspecified atom stereocenters. The molecule has 110 valence electrons. The third-order valence-corrected chi connectivity index (χ3v) is 4.01. The van der Waals surface area contributed by atoms with Crippen LogP contribution in [0, 0.1) is 12.8 Å². The van der Waals surface area contributed by atoms with Gasteiger partial charge in [0.2, 0.25) is 0 Å². The molecule has 1 fully saturated rings. The molecular weight excluding hydrogens is 252 g/mol. The Hall–Kier alpha value is -1.55. The predicted molar refractivity (Wildman–Crippen MR) is 79.4 cm³/mol. The van der Waals surface area contributed by atoms with Gasteiger partial charge in [0.05, 0.1) is 0 Å². The third kappa shape index (κ3) is 4.53. The molecule has 1 aliphatic rings. The monoisotopic (exact) mass is 276 g/mol. The second-order valence-corrected chi connectivity index (χ2v) is 5.71. The van der Waals surface area contributed by atoms with E-state index in [9.17, 15) is 4.79 Å². The van der Waals surface area contributed by atoms with E-state index in [-0.39, 0.29) is 18.7 Å². The second-order valence-electron chi connectivity index (χ2n) is 5.71. The van der Waals surface area contributed by atoms with Crippen molar-refractivity contribution in [1.82, 2.24) is 10.6 Å². The van der Waals surface area contributed by atoms with Crippen molar-refractivity contribution >= 4 is 6.03 Å². The number of hydrogen-bond donors (Lipinski definition) is 3. The summed E-state index contributed by atoms with van der Waals surface area (Å²) in [6.45, 7) is 2.87. The Morgan fingerprint density at radius 1 is 1.20 bits per heavy atom. The summed E-state index contributed by atoms with van der Waals surface area (Å²) in [6.07, 6.45) is 3.92. The molecule has 0 saturated heterocycles. The molecule has 1 saturated carbocycles. The molecule has 0 aliphatic heterocycles. The molecule has 0 aromatic heterocycles. The summed E-state index contributed by atoms with van der Waals surface area (Å²) in [4.78, 5) is 11.8. The molecule has 4 heteroatoms. The standard InChI is InChI=1S/C16H24N2O2/c1-12-2-4-13(5-3-12)10-17-16(20)18-15-8-6-14(11-19)7-9-15/h2-5,14-15,19H,6-11H2,1H3,(H2,17,18,20). The molecule has 0 bridgehead atoms. The van der Waals surface area contributed by atoms with Gasteiger partial charge >= 0.3 is 6.03 Å². The van der Waals surface area contributed by atoms with E-state index in [2.05, 4.69) is 10.6 Å². The van der Waals surface area contributed by atoms with Crippen molar-refractivity contribution in [2.75, 3.05) is 6.61 Å². The highest BCUT2D eigenvalue weighted by Crippen LogP contribution is 2.23. The number of aryl methyl sites for hydroxylation is 1. The van der Waals surface area contributed by atoms with Crippen molar-refractivity contribution in [1.29, 1.82) is 0 Å². The van der Waals surface area contributed by atoms with Crippen molar-refractivity contribution in [3.8, 4) is 0 Å².